The van der Waals surface area contributed by atoms with Crippen molar-refractivity contribution in [1.82, 2.24) is 5.32 Å². The van der Waals surface area contributed by atoms with E-state index in [1.54, 1.807) is 32.0 Å². The average Bonchev–Trinajstić information content (AvgIpc) is 2.59. The number of aryl methyl sites for hydroxylation is 2. The summed E-state index contributed by atoms with van der Waals surface area (Å²) in [5, 5.41) is 3.27. The number of rotatable bonds is 7. The summed E-state index contributed by atoms with van der Waals surface area (Å²) in [5.41, 5.74) is 3.21. The predicted octanol–water partition coefficient (Wildman–Crippen LogP) is 3.82. The lowest BCUT2D eigenvalue weighted by Crippen LogP contribution is -2.49. The van der Waals surface area contributed by atoms with E-state index in [4.69, 9.17) is 11.6 Å². The van der Waals surface area contributed by atoms with Crippen LogP contribution in [0.5, 0.6) is 0 Å². The number of amides is 1. The molecule has 0 saturated heterocycles. The molecule has 1 N–H and O–H groups in total. The SMILES string of the molecule is CC[C@H](C(=O)NCc1cccc(C)c1)N(c1cc(Cl)ccc1C)S(C)(=O)=O. The van der Waals surface area contributed by atoms with Crippen molar-refractivity contribution in [2.75, 3.05) is 10.6 Å². The van der Waals surface area contributed by atoms with E-state index in [0.29, 0.717) is 23.7 Å². The lowest BCUT2D eigenvalue weighted by Gasteiger charge is -2.31. The zero-order valence-electron chi connectivity index (χ0n) is 16.0. The standard InChI is InChI=1S/C20H25ClN2O3S/c1-5-18(20(24)22-13-16-8-6-7-14(2)11-16)23(27(4,25)26)19-12-17(21)10-9-15(19)3/h6-12,18H,5,13H2,1-4H3,(H,22,24)/t18-/m1/s1. The Hall–Kier alpha value is -2.05. The number of carbonyl (C=O) groups excluding carboxylic acids is 1. The number of benzene rings is 2. The van der Waals surface area contributed by atoms with Crippen LogP contribution in [0.25, 0.3) is 0 Å². The van der Waals surface area contributed by atoms with Crippen LogP contribution < -0.4 is 9.62 Å². The van der Waals surface area contributed by atoms with Crippen LogP contribution in [-0.4, -0.2) is 26.6 Å². The zero-order chi connectivity index (χ0) is 20.2. The third kappa shape index (κ3) is 5.47. The monoisotopic (exact) mass is 408 g/mol. The quantitative estimate of drug-likeness (QED) is 0.757. The van der Waals surface area contributed by atoms with Gasteiger partial charge in [-0.05, 0) is 43.5 Å². The summed E-state index contributed by atoms with van der Waals surface area (Å²) in [6, 6.07) is 12.0. The summed E-state index contributed by atoms with van der Waals surface area (Å²) >= 11 is 6.07. The van der Waals surface area contributed by atoms with Gasteiger partial charge in [0.1, 0.15) is 6.04 Å². The molecule has 27 heavy (non-hydrogen) atoms. The lowest BCUT2D eigenvalue weighted by molar-refractivity contribution is -0.122. The smallest absolute Gasteiger partial charge is 0.244 e. The Morgan fingerprint density at radius 3 is 2.48 bits per heavy atom. The van der Waals surface area contributed by atoms with E-state index in [-0.39, 0.29) is 5.91 Å². The third-order valence-corrected chi connectivity index (χ3v) is 5.69. The van der Waals surface area contributed by atoms with Crippen LogP contribution in [-0.2, 0) is 21.4 Å². The Balaban J connectivity index is 2.32. The number of nitrogens with one attached hydrogen (secondary N) is 1. The molecule has 146 valence electrons. The molecule has 0 heterocycles. The van der Waals surface area contributed by atoms with Gasteiger partial charge < -0.3 is 5.32 Å². The minimum absolute atomic E-state index is 0.332. The predicted molar refractivity (Wildman–Crippen MR) is 111 cm³/mol. The number of hydrogen-bond donors (Lipinski definition) is 1. The summed E-state index contributed by atoms with van der Waals surface area (Å²) < 4.78 is 26.2. The van der Waals surface area contributed by atoms with E-state index in [1.807, 2.05) is 31.2 Å². The number of carbonyl (C=O) groups is 1. The minimum Gasteiger partial charge on any atom is -0.350 e. The van der Waals surface area contributed by atoms with Crippen molar-refractivity contribution in [2.24, 2.45) is 0 Å². The number of nitrogens with zero attached hydrogens (tertiary/aromatic N) is 1. The van der Waals surface area contributed by atoms with Crippen molar-refractivity contribution >= 4 is 33.2 Å². The molecule has 0 saturated carbocycles. The average molecular weight is 409 g/mol. The van der Waals surface area contributed by atoms with Crippen LogP contribution in [0.1, 0.15) is 30.0 Å². The van der Waals surface area contributed by atoms with E-state index < -0.39 is 16.1 Å². The molecule has 0 aliphatic rings. The molecule has 0 radical (unpaired) electrons. The molecular formula is C20H25ClN2O3S. The minimum atomic E-state index is -3.69. The highest BCUT2D eigenvalue weighted by atomic mass is 35.5. The van der Waals surface area contributed by atoms with E-state index in [0.717, 1.165) is 22.9 Å². The topological polar surface area (TPSA) is 66.5 Å². The Labute approximate surface area is 166 Å². The van der Waals surface area contributed by atoms with Crippen molar-refractivity contribution in [3.05, 3.63) is 64.2 Å². The van der Waals surface area contributed by atoms with E-state index in [9.17, 15) is 13.2 Å². The second-order valence-electron chi connectivity index (χ2n) is 6.62. The van der Waals surface area contributed by atoms with Crippen LogP contribution >= 0.6 is 11.6 Å². The largest absolute Gasteiger partial charge is 0.350 e. The van der Waals surface area contributed by atoms with Crippen molar-refractivity contribution in [2.45, 2.75) is 39.8 Å². The summed E-state index contributed by atoms with van der Waals surface area (Å²) in [5.74, 6) is -0.344. The van der Waals surface area contributed by atoms with Crippen LogP contribution in [0.15, 0.2) is 42.5 Å². The van der Waals surface area contributed by atoms with Gasteiger partial charge in [0.15, 0.2) is 0 Å². The second-order valence-corrected chi connectivity index (χ2v) is 8.92. The van der Waals surface area contributed by atoms with Crippen LogP contribution in [0.2, 0.25) is 5.02 Å². The molecule has 0 aliphatic carbocycles. The number of hydrogen-bond acceptors (Lipinski definition) is 3. The summed E-state index contributed by atoms with van der Waals surface area (Å²) in [6.07, 6.45) is 1.43. The molecule has 7 heteroatoms. The fourth-order valence-electron chi connectivity index (χ4n) is 2.98. The van der Waals surface area contributed by atoms with Gasteiger partial charge in [-0.3, -0.25) is 9.10 Å². The van der Waals surface area contributed by atoms with Gasteiger partial charge >= 0.3 is 0 Å². The van der Waals surface area contributed by atoms with E-state index in [2.05, 4.69) is 5.32 Å². The highest BCUT2D eigenvalue weighted by Crippen LogP contribution is 2.29. The first-order chi connectivity index (χ1) is 12.6. The Kier molecular flexibility index (Phi) is 6.89. The van der Waals surface area contributed by atoms with Gasteiger partial charge in [-0.25, -0.2) is 8.42 Å². The molecule has 1 atom stereocenters. The van der Waals surface area contributed by atoms with Crippen molar-refractivity contribution in [3.8, 4) is 0 Å². The third-order valence-electron chi connectivity index (χ3n) is 4.29. The normalized spacial score (nSPS) is 12.5. The van der Waals surface area contributed by atoms with Gasteiger partial charge in [0, 0.05) is 11.6 Å². The molecule has 2 aromatic carbocycles. The molecule has 0 unspecified atom stereocenters. The van der Waals surface area contributed by atoms with Crippen molar-refractivity contribution in [3.63, 3.8) is 0 Å². The van der Waals surface area contributed by atoms with Crippen molar-refractivity contribution < 1.29 is 13.2 Å². The van der Waals surface area contributed by atoms with Crippen LogP contribution in [0, 0.1) is 13.8 Å². The summed E-state index contributed by atoms with van der Waals surface area (Å²) in [4.78, 5) is 12.8. The van der Waals surface area contributed by atoms with Gasteiger partial charge in [-0.2, -0.15) is 0 Å². The molecule has 5 nitrogen and oxygen atoms in total. The maximum atomic E-state index is 12.8. The molecule has 2 rings (SSSR count). The molecule has 0 fully saturated rings. The number of halogens is 1. The van der Waals surface area contributed by atoms with Crippen LogP contribution in [0.4, 0.5) is 5.69 Å². The molecule has 2 aromatic rings. The fourth-order valence-corrected chi connectivity index (χ4v) is 4.41. The first-order valence-electron chi connectivity index (χ1n) is 8.72. The lowest BCUT2D eigenvalue weighted by atomic mass is 10.1. The highest BCUT2D eigenvalue weighted by molar-refractivity contribution is 7.92. The Bertz CT molecular complexity index is 929. The molecule has 0 aliphatic heterocycles. The van der Waals surface area contributed by atoms with E-state index >= 15 is 0 Å². The van der Waals surface area contributed by atoms with Gasteiger partial charge in [0.25, 0.3) is 0 Å². The number of sulfonamides is 1. The van der Waals surface area contributed by atoms with Gasteiger partial charge in [0.05, 0.1) is 11.9 Å². The molecule has 0 aromatic heterocycles. The Morgan fingerprint density at radius 2 is 1.89 bits per heavy atom. The maximum Gasteiger partial charge on any atom is 0.244 e. The van der Waals surface area contributed by atoms with E-state index in [1.165, 1.54) is 4.31 Å². The van der Waals surface area contributed by atoms with Crippen molar-refractivity contribution in [1.29, 1.82) is 0 Å². The van der Waals surface area contributed by atoms with Gasteiger partial charge in [0.2, 0.25) is 15.9 Å². The summed E-state index contributed by atoms with van der Waals surface area (Å²) in [7, 11) is -3.69. The number of anilines is 1. The highest BCUT2D eigenvalue weighted by Gasteiger charge is 2.32. The maximum absolute atomic E-state index is 12.8. The first kappa shape index (κ1) is 21.3. The summed E-state index contributed by atoms with van der Waals surface area (Å²) in [6.45, 7) is 5.90. The Morgan fingerprint density at radius 1 is 1.19 bits per heavy atom. The molecular weight excluding hydrogens is 384 g/mol. The second kappa shape index (κ2) is 8.76. The van der Waals surface area contributed by atoms with Gasteiger partial charge in [-0.15, -0.1) is 0 Å². The molecule has 0 spiro atoms. The van der Waals surface area contributed by atoms with Crippen LogP contribution in [0.3, 0.4) is 0 Å². The van der Waals surface area contributed by atoms with Gasteiger partial charge in [-0.1, -0.05) is 54.4 Å². The molecule has 1 amide bonds. The first-order valence-corrected chi connectivity index (χ1v) is 10.9. The fraction of sp³-hybridized carbons (Fsp3) is 0.350. The molecule has 0 bridgehead atoms. The zero-order valence-corrected chi connectivity index (χ0v) is 17.6.